The molecule has 35 heavy (non-hydrogen) atoms. The summed E-state index contributed by atoms with van der Waals surface area (Å²) in [6.07, 6.45) is 1.84. The lowest BCUT2D eigenvalue weighted by Crippen LogP contribution is -2.44. The highest BCUT2D eigenvalue weighted by molar-refractivity contribution is 8.03. The van der Waals surface area contributed by atoms with Crippen molar-refractivity contribution in [3.8, 4) is 11.8 Å². The maximum absolute atomic E-state index is 13.0. The molecule has 1 aromatic rings. The lowest BCUT2D eigenvalue weighted by Gasteiger charge is -2.31. The van der Waals surface area contributed by atoms with E-state index in [0.29, 0.717) is 25.3 Å². The van der Waals surface area contributed by atoms with Gasteiger partial charge in [0.15, 0.2) is 5.75 Å². The highest BCUT2D eigenvalue weighted by Crippen LogP contribution is 2.44. The average Bonchev–Trinajstić information content (AvgIpc) is 3.36. The minimum Gasteiger partial charge on any atom is -0.491 e. The van der Waals surface area contributed by atoms with E-state index >= 15 is 0 Å². The van der Waals surface area contributed by atoms with E-state index in [-0.39, 0.29) is 44.2 Å². The van der Waals surface area contributed by atoms with Crippen molar-refractivity contribution in [3.05, 3.63) is 38.3 Å². The van der Waals surface area contributed by atoms with Crippen molar-refractivity contribution in [2.24, 2.45) is 5.92 Å². The molecule has 2 N–H and O–H groups in total. The molecule has 188 valence electrons. The monoisotopic (exact) mass is 541 g/mol. The third-order valence-electron chi connectivity index (χ3n) is 5.55. The molecule has 12 heteroatoms. The van der Waals surface area contributed by atoms with Crippen molar-refractivity contribution in [1.82, 2.24) is 10.6 Å². The van der Waals surface area contributed by atoms with E-state index in [4.69, 9.17) is 37.4 Å². The minimum atomic E-state index is -1.35. The van der Waals surface area contributed by atoms with E-state index in [9.17, 15) is 19.6 Å². The summed E-state index contributed by atoms with van der Waals surface area (Å²) in [4.78, 5) is 37.9. The van der Waals surface area contributed by atoms with Crippen LogP contribution in [0.4, 0.5) is 0 Å². The molecule has 2 aliphatic heterocycles. The molecule has 0 spiro atoms. The second-order valence-corrected chi connectivity index (χ2v) is 9.60. The summed E-state index contributed by atoms with van der Waals surface area (Å²) in [6.45, 7) is 3.18. The van der Waals surface area contributed by atoms with Crippen molar-refractivity contribution in [3.63, 3.8) is 0 Å². The van der Waals surface area contributed by atoms with E-state index < -0.39 is 23.7 Å². The Morgan fingerprint density at radius 1 is 1.34 bits per heavy atom. The fourth-order valence-corrected chi connectivity index (χ4v) is 5.43. The number of methoxy groups -OCH3 is 1. The molecular weight excluding hydrogens is 517 g/mol. The fourth-order valence-electron chi connectivity index (χ4n) is 3.94. The summed E-state index contributed by atoms with van der Waals surface area (Å²) < 4.78 is 15.8. The number of hydrogen-bond acceptors (Lipinski definition) is 8. The Balaban J connectivity index is 1.90. The molecule has 3 rings (SSSR count). The molecule has 0 aliphatic carbocycles. The molecule has 1 saturated heterocycles. The lowest BCUT2D eigenvalue weighted by molar-refractivity contribution is -0.150. The van der Waals surface area contributed by atoms with Crippen LogP contribution in [0.2, 0.25) is 10.0 Å². The molecule has 1 aromatic carbocycles. The zero-order valence-corrected chi connectivity index (χ0v) is 21.5. The number of hydrogen-bond donors (Lipinski definition) is 2. The third-order valence-corrected chi connectivity index (χ3v) is 7.13. The van der Waals surface area contributed by atoms with Crippen molar-refractivity contribution in [2.45, 2.75) is 31.8 Å². The van der Waals surface area contributed by atoms with Gasteiger partial charge in [-0.2, -0.15) is 5.26 Å². The number of carbonyl (C=O) groups is 3. The van der Waals surface area contributed by atoms with Gasteiger partial charge in [-0.3, -0.25) is 14.4 Å². The molecule has 2 amide bonds. The number of nitrogens with one attached hydrogen (secondary N) is 2. The Kier molecular flexibility index (Phi) is 9.69. The number of rotatable bonds is 9. The van der Waals surface area contributed by atoms with Gasteiger partial charge in [0.2, 0.25) is 11.8 Å². The molecule has 0 unspecified atom stereocenters. The highest BCUT2D eigenvalue weighted by atomic mass is 35.5. The smallest absolute Gasteiger partial charge is 0.319 e. The molecule has 2 heterocycles. The van der Waals surface area contributed by atoms with Gasteiger partial charge in [-0.25, -0.2) is 0 Å². The second kappa shape index (κ2) is 12.5. The number of nitriles is 1. The molecule has 2 aliphatic rings. The molecule has 9 nitrogen and oxygen atoms in total. The van der Waals surface area contributed by atoms with Gasteiger partial charge >= 0.3 is 5.97 Å². The zero-order chi connectivity index (χ0) is 25.5. The van der Waals surface area contributed by atoms with Crippen molar-refractivity contribution in [1.29, 1.82) is 5.26 Å². The first kappa shape index (κ1) is 27.1. The number of carbonyl (C=O) groups excluding carboxylic acids is 3. The summed E-state index contributed by atoms with van der Waals surface area (Å²) in [5.74, 6) is -3.92. The van der Waals surface area contributed by atoms with E-state index in [1.165, 1.54) is 12.1 Å². The van der Waals surface area contributed by atoms with Crippen LogP contribution in [0.3, 0.4) is 0 Å². The van der Waals surface area contributed by atoms with Crippen LogP contribution in [0.25, 0.3) is 0 Å². The van der Waals surface area contributed by atoms with Gasteiger partial charge < -0.3 is 24.8 Å². The Bertz CT molecular complexity index is 1040. The molecule has 0 saturated carbocycles. The molecule has 0 bridgehead atoms. The third kappa shape index (κ3) is 6.41. The number of halogens is 2. The first-order chi connectivity index (χ1) is 16.8. The summed E-state index contributed by atoms with van der Waals surface area (Å²) in [5, 5.41) is 15.9. The Morgan fingerprint density at radius 2 is 2.06 bits per heavy atom. The maximum atomic E-state index is 13.0. The van der Waals surface area contributed by atoms with Crippen LogP contribution in [0.15, 0.2) is 22.7 Å². The largest absolute Gasteiger partial charge is 0.491 e. The molecule has 1 fully saturated rings. The van der Waals surface area contributed by atoms with Crippen LogP contribution in [0, 0.1) is 17.2 Å². The number of esters is 1. The zero-order valence-electron chi connectivity index (χ0n) is 19.2. The van der Waals surface area contributed by atoms with Crippen molar-refractivity contribution >= 4 is 52.7 Å². The van der Waals surface area contributed by atoms with Gasteiger partial charge in [-0.05, 0) is 37.5 Å². The van der Waals surface area contributed by atoms with Crippen LogP contribution < -0.4 is 15.4 Å². The normalized spacial score (nSPS) is 21.8. The quantitative estimate of drug-likeness (QED) is 0.360. The Morgan fingerprint density at radius 3 is 2.63 bits per heavy atom. The van der Waals surface area contributed by atoms with Gasteiger partial charge in [-0.15, -0.1) is 0 Å². The average molecular weight is 542 g/mol. The van der Waals surface area contributed by atoms with E-state index in [0.717, 1.165) is 31.7 Å². The first-order valence-electron chi connectivity index (χ1n) is 11.0. The van der Waals surface area contributed by atoms with Crippen molar-refractivity contribution < 1.29 is 28.6 Å². The molecular formula is C23H25Cl2N3O6S. The number of allylic oxidation sites excluding steroid dienone is 1. The van der Waals surface area contributed by atoms with Gasteiger partial charge in [0.05, 0.1) is 52.3 Å². The highest BCUT2D eigenvalue weighted by Gasteiger charge is 2.44. The summed E-state index contributed by atoms with van der Waals surface area (Å²) in [5.41, 5.74) is 0.458. The first-order valence-corrected chi connectivity index (χ1v) is 12.7. The number of nitrogens with zero attached hydrogens (tertiary/aromatic N) is 1. The van der Waals surface area contributed by atoms with Crippen LogP contribution in [-0.4, -0.2) is 56.5 Å². The van der Waals surface area contributed by atoms with Gasteiger partial charge in [-0.1, -0.05) is 35.0 Å². The summed E-state index contributed by atoms with van der Waals surface area (Å²) in [7, 11) is 1.16. The predicted molar refractivity (Wildman–Crippen MR) is 131 cm³/mol. The summed E-state index contributed by atoms with van der Waals surface area (Å²) in [6, 6.07) is 5.09. The lowest BCUT2D eigenvalue weighted by atomic mass is 9.78. The van der Waals surface area contributed by atoms with Crippen LogP contribution >= 0.6 is 35.0 Å². The van der Waals surface area contributed by atoms with Crippen LogP contribution in [0.5, 0.6) is 5.75 Å². The van der Waals surface area contributed by atoms with E-state index in [1.807, 2.05) is 0 Å². The van der Waals surface area contributed by atoms with Gasteiger partial charge in [0.1, 0.15) is 5.92 Å². The minimum absolute atomic E-state index is 0.00781. The topological polar surface area (TPSA) is 127 Å². The molecule has 0 radical (unpaired) electrons. The second-order valence-electron chi connectivity index (χ2n) is 7.80. The number of benzene rings is 1. The van der Waals surface area contributed by atoms with Gasteiger partial charge in [0.25, 0.3) is 0 Å². The SMILES string of the molecule is CCOc1c(Cl)cc([C@@H]2C(C#N)=C(SCC(=O)NC[C@H]3CCCO3)NC(=O)[C@@H]2C(=O)OC)cc1Cl. The Hall–Kier alpha value is -2.45. The van der Waals surface area contributed by atoms with Crippen LogP contribution in [-0.2, 0) is 23.9 Å². The predicted octanol–water partition coefficient (Wildman–Crippen LogP) is 3.16. The number of thioether (sulfide) groups is 1. The number of amides is 2. The summed E-state index contributed by atoms with van der Waals surface area (Å²) >= 11 is 13.7. The number of ether oxygens (including phenoxy) is 3. The van der Waals surface area contributed by atoms with Gasteiger partial charge in [0, 0.05) is 19.1 Å². The van der Waals surface area contributed by atoms with Crippen LogP contribution in [0.1, 0.15) is 31.2 Å². The Labute approximate surface area is 217 Å². The van der Waals surface area contributed by atoms with E-state index in [1.54, 1.807) is 6.92 Å². The van der Waals surface area contributed by atoms with E-state index in [2.05, 4.69) is 16.7 Å². The maximum Gasteiger partial charge on any atom is 0.319 e. The molecule has 3 atom stereocenters. The van der Waals surface area contributed by atoms with Crippen molar-refractivity contribution in [2.75, 3.05) is 32.6 Å². The fraction of sp³-hybridized carbons (Fsp3) is 0.478. The standard InChI is InChI=1S/C23H25Cl2N3O6S/c1-3-33-20-15(24)7-12(8-16(20)25)18-14(9-26)22(28-21(30)19(18)23(31)32-2)35-11-17(29)27-10-13-5-4-6-34-13/h7-8,13,18-19H,3-6,10-11H2,1-2H3,(H,27,29)(H,28,30)/t13-,18-,19-/m1/s1. The molecule has 0 aromatic heterocycles.